The molecule has 16 heavy (non-hydrogen) atoms. The molecule has 0 aliphatic carbocycles. The molecule has 0 spiro atoms. The van der Waals surface area contributed by atoms with E-state index in [1.54, 1.807) is 0 Å². The summed E-state index contributed by atoms with van der Waals surface area (Å²) in [6.07, 6.45) is 6.25. The highest BCUT2D eigenvalue weighted by atomic mass is 15.1. The number of fused-ring (bicyclic) bond motifs is 1. The molecule has 1 aromatic heterocycles. The molecule has 3 nitrogen and oxygen atoms in total. The summed E-state index contributed by atoms with van der Waals surface area (Å²) in [4.78, 5) is 4.28. The van der Waals surface area contributed by atoms with Gasteiger partial charge in [-0.3, -0.25) is 0 Å². The first kappa shape index (κ1) is 9.46. The van der Waals surface area contributed by atoms with Crippen LogP contribution in [0.25, 0.3) is 5.69 Å². The molecule has 3 rings (SSSR count). The van der Waals surface area contributed by atoms with E-state index in [1.807, 2.05) is 19.3 Å². The fraction of sp³-hybridized carbons (Fsp3) is 0.308. The molecule has 0 fully saturated rings. The van der Waals surface area contributed by atoms with Gasteiger partial charge in [-0.2, -0.15) is 0 Å². The van der Waals surface area contributed by atoms with Crippen LogP contribution in [0.4, 0.5) is 5.69 Å². The van der Waals surface area contributed by atoms with Crippen LogP contribution in [-0.4, -0.2) is 16.1 Å². The van der Waals surface area contributed by atoms with Gasteiger partial charge < -0.3 is 9.88 Å². The lowest BCUT2D eigenvalue weighted by Gasteiger charge is -2.21. The van der Waals surface area contributed by atoms with Gasteiger partial charge in [0.2, 0.25) is 0 Å². The summed E-state index contributed by atoms with van der Waals surface area (Å²) >= 11 is 0. The van der Waals surface area contributed by atoms with Gasteiger partial charge in [0, 0.05) is 18.9 Å². The number of nitrogens with zero attached hydrogens (tertiary/aromatic N) is 2. The molecule has 1 aliphatic heterocycles. The molecule has 0 bridgehead atoms. The number of hydrogen-bond donors (Lipinski definition) is 1. The van der Waals surface area contributed by atoms with E-state index in [1.165, 1.54) is 29.8 Å². The quantitative estimate of drug-likeness (QED) is 0.789. The summed E-state index contributed by atoms with van der Waals surface area (Å²) in [7, 11) is 0. The van der Waals surface area contributed by atoms with Crippen molar-refractivity contribution in [2.24, 2.45) is 0 Å². The lowest BCUT2D eigenvalue weighted by atomic mass is 10.0. The maximum atomic E-state index is 4.28. The lowest BCUT2D eigenvalue weighted by Crippen LogP contribution is -2.14. The smallest absolute Gasteiger partial charge is 0.110 e. The Hall–Kier alpha value is -1.77. The monoisotopic (exact) mass is 213 g/mol. The summed E-state index contributed by atoms with van der Waals surface area (Å²) < 4.78 is 2.14. The highest BCUT2D eigenvalue weighted by Crippen LogP contribution is 2.29. The molecule has 0 unspecified atom stereocenters. The summed E-state index contributed by atoms with van der Waals surface area (Å²) in [5.74, 6) is 1.03. The van der Waals surface area contributed by atoms with Crippen molar-refractivity contribution in [3.63, 3.8) is 0 Å². The van der Waals surface area contributed by atoms with Crippen molar-refractivity contribution in [3.05, 3.63) is 42.0 Å². The summed E-state index contributed by atoms with van der Waals surface area (Å²) in [5.41, 5.74) is 3.90. The van der Waals surface area contributed by atoms with E-state index in [4.69, 9.17) is 0 Å². The topological polar surface area (TPSA) is 29.9 Å². The normalized spacial score (nSPS) is 14.3. The number of rotatable bonds is 1. The fourth-order valence-electron chi connectivity index (χ4n) is 2.32. The molecule has 2 heterocycles. The standard InChI is InChI=1S/C13H15N3/c1-10-14-8-9-16(10)12-6-2-4-11-5-3-7-15-13(11)12/h2,4,6,8-9,15H,3,5,7H2,1H3. The van der Waals surface area contributed by atoms with Crippen molar-refractivity contribution in [2.45, 2.75) is 19.8 Å². The SMILES string of the molecule is Cc1nccn1-c1cccc2c1NCCC2. The van der Waals surface area contributed by atoms with Gasteiger partial charge in [-0.05, 0) is 31.4 Å². The van der Waals surface area contributed by atoms with Gasteiger partial charge >= 0.3 is 0 Å². The van der Waals surface area contributed by atoms with Crippen LogP contribution in [0.3, 0.4) is 0 Å². The minimum Gasteiger partial charge on any atom is -0.383 e. The van der Waals surface area contributed by atoms with E-state index in [0.717, 1.165) is 12.4 Å². The van der Waals surface area contributed by atoms with Crippen LogP contribution >= 0.6 is 0 Å². The maximum Gasteiger partial charge on any atom is 0.110 e. The third kappa shape index (κ3) is 1.40. The zero-order valence-corrected chi connectivity index (χ0v) is 9.40. The van der Waals surface area contributed by atoms with Gasteiger partial charge in [-0.15, -0.1) is 0 Å². The minimum absolute atomic E-state index is 1.03. The largest absolute Gasteiger partial charge is 0.383 e. The van der Waals surface area contributed by atoms with Gasteiger partial charge in [0.15, 0.2) is 0 Å². The minimum atomic E-state index is 1.03. The molecule has 0 radical (unpaired) electrons. The van der Waals surface area contributed by atoms with Crippen LogP contribution in [0.15, 0.2) is 30.6 Å². The van der Waals surface area contributed by atoms with Crippen LogP contribution in [-0.2, 0) is 6.42 Å². The molecule has 1 aromatic carbocycles. The molecular formula is C13H15N3. The molecule has 0 saturated carbocycles. The molecule has 3 heteroatoms. The summed E-state index contributed by atoms with van der Waals surface area (Å²) in [6.45, 7) is 3.10. The lowest BCUT2D eigenvalue weighted by molar-refractivity contribution is 0.823. The molecule has 1 N–H and O–H groups in total. The Labute approximate surface area is 95.1 Å². The van der Waals surface area contributed by atoms with Gasteiger partial charge in [0.05, 0.1) is 11.4 Å². The Bertz CT molecular complexity index is 514. The second-order valence-corrected chi connectivity index (χ2v) is 4.19. The van der Waals surface area contributed by atoms with Crippen LogP contribution in [0.2, 0.25) is 0 Å². The van der Waals surface area contributed by atoms with E-state index in [9.17, 15) is 0 Å². The Morgan fingerprint density at radius 1 is 1.38 bits per heavy atom. The van der Waals surface area contributed by atoms with E-state index in [-0.39, 0.29) is 0 Å². The van der Waals surface area contributed by atoms with Crippen molar-refractivity contribution in [1.82, 2.24) is 9.55 Å². The van der Waals surface area contributed by atoms with E-state index in [0.29, 0.717) is 0 Å². The number of imidazole rings is 1. The van der Waals surface area contributed by atoms with E-state index < -0.39 is 0 Å². The molecule has 0 saturated heterocycles. The number of nitrogens with one attached hydrogen (secondary N) is 1. The predicted octanol–water partition coefficient (Wildman–Crippen LogP) is 2.54. The number of anilines is 1. The Balaban J connectivity index is 2.18. The van der Waals surface area contributed by atoms with Gasteiger partial charge in [0.25, 0.3) is 0 Å². The van der Waals surface area contributed by atoms with Crippen LogP contribution in [0.5, 0.6) is 0 Å². The Kier molecular flexibility index (Phi) is 2.17. The van der Waals surface area contributed by atoms with Crippen molar-refractivity contribution in [1.29, 1.82) is 0 Å². The molecule has 2 aromatic rings. The van der Waals surface area contributed by atoms with Crippen molar-refractivity contribution >= 4 is 5.69 Å². The van der Waals surface area contributed by atoms with Gasteiger partial charge in [0.1, 0.15) is 5.82 Å². The van der Waals surface area contributed by atoms with Crippen molar-refractivity contribution < 1.29 is 0 Å². The first-order valence-electron chi connectivity index (χ1n) is 5.72. The summed E-state index contributed by atoms with van der Waals surface area (Å²) in [5, 5.41) is 3.50. The van der Waals surface area contributed by atoms with Crippen LogP contribution in [0, 0.1) is 6.92 Å². The average Bonchev–Trinajstić information content (AvgIpc) is 2.75. The second-order valence-electron chi connectivity index (χ2n) is 4.19. The first-order valence-corrected chi connectivity index (χ1v) is 5.72. The number of hydrogen-bond acceptors (Lipinski definition) is 2. The Morgan fingerprint density at radius 2 is 2.31 bits per heavy atom. The van der Waals surface area contributed by atoms with E-state index in [2.05, 4.69) is 33.1 Å². The highest BCUT2D eigenvalue weighted by Gasteiger charge is 2.13. The van der Waals surface area contributed by atoms with Crippen molar-refractivity contribution in [2.75, 3.05) is 11.9 Å². The molecule has 0 atom stereocenters. The maximum absolute atomic E-state index is 4.28. The zero-order chi connectivity index (χ0) is 11.0. The number of para-hydroxylation sites is 1. The third-order valence-corrected chi connectivity index (χ3v) is 3.14. The van der Waals surface area contributed by atoms with Gasteiger partial charge in [-0.25, -0.2) is 4.98 Å². The number of benzene rings is 1. The van der Waals surface area contributed by atoms with Crippen molar-refractivity contribution in [3.8, 4) is 5.69 Å². The van der Waals surface area contributed by atoms with E-state index >= 15 is 0 Å². The zero-order valence-electron chi connectivity index (χ0n) is 9.40. The van der Waals surface area contributed by atoms with Gasteiger partial charge in [-0.1, -0.05) is 12.1 Å². The highest BCUT2D eigenvalue weighted by molar-refractivity contribution is 5.67. The summed E-state index contributed by atoms with van der Waals surface area (Å²) in [6, 6.07) is 6.48. The Morgan fingerprint density at radius 3 is 3.12 bits per heavy atom. The van der Waals surface area contributed by atoms with Crippen LogP contribution in [0.1, 0.15) is 17.8 Å². The molecule has 1 aliphatic rings. The van der Waals surface area contributed by atoms with Crippen LogP contribution < -0.4 is 5.32 Å². The molecular weight excluding hydrogens is 198 g/mol. The predicted molar refractivity (Wildman–Crippen MR) is 65.1 cm³/mol. The average molecular weight is 213 g/mol. The molecule has 82 valence electrons. The third-order valence-electron chi connectivity index (χ3n) is 3.14. The number of aryl methyl sites for hydroxylation is 2. The first-order chi connectivity index (χ1) is 7.86. The molecule has 0 amide bonds. The fourth-order valence-corrected chi connectivity index (χ4v) is 2.32. The number of aromatic nitrogens is 2. The second kappa shape index (κ2) is 3.67.